The summed E-state index contributed by atoms with van der Waals surface area (Å²) in [5.41, 5.74) is 7.90. The van der Waals surface area contributed by atoms with Crippen molar-refractivity contribution in [2.24, 2.45) is 7.05 Å². The van der Waals surface area contributed by atoms with E-state index in [0.717, 1.165) is 17.2 Å². The first-order valence-electron chi connectivity index (χ1n) is 5.94. The zero-order chi connectivity index (χ0) is 13.2. The van der Waals surface area contributed by atoms with Crippen molar-refractivity contribution in [1.29, 1.82) is 0 Å². The fourth-order valence-corrected chi connectivity index (χ4v) is 1.96. The molecule has 0 aliphatic rings. The average molecular weight is 240 g/mol. The van der Waals surface area contributed by atoms with Crippen LogP contribution in [0.1, 0.15) is 32.4 Å². The topological polar surface area (TPSA) is 56.3 Å². The Kier molecular flexibility index (Phi) is 4.40. The van der Waals surface area contributed by atoms with Crippen LogP contribution in [0.25, 0.3) is 0 Å². The molecular formula is C12H24N4O. The molecule has 1 aromatic rings. The molecule has 0 fully saturated rings. The Morgan fingerprint density at radius 1 is 1.41 bits per heavy atom. The number of anilines is 2. The van der Waals surface area contributed by atoms with Crippen LogP contribution >= 0.6 is 0 Å². The van der Waals surface area contributed by atoms with Crippen LogP contribution in [0.5, 0.6) is 0 Å². The van der Waals surface area contributed by atoms with Gasteiger partial charge in [-0.25, -0.2) is 0 Å². The van der Waals surface area contributed by atoms with E-state index < -0.39 is 0 Å². The van der Waals surface area contributed by atoms with E-state index >= 15 is 0 Å². The van der Waals surface area contributed by atoms with Gasteiger partial charge in [0, 0.05) is 21.2 Å². The van der Waals surface area contributed by atoms with Gasteiger partial charge in [-0.2, -0.15) is 5.10 Å². The summed E-state index contributed by atoms with van der Waals surface area (Å²) in [4.78, 5) is 2.11. The highest BCUT2D eigenvalue weighted by molar-refractivity contribution is 5.67. The zero-order valence-electron chi connectivity index (χ0n) is 11.7. The number of rotatable bonds is 5. The van der Waals surface area contributed by atoms with Crippen molar-refractivity contribution in [2.75, 3.05) is 31.4 Å². The van der Waals surface area contributed by atoms with Crippen molar-refractivity contribution >= 4 is 11.5 Å². The lowest BCUT2D eigenvalue weighted by Gasteiger charge is -2.26. The number of aromatic nitrogens is 2. The number of nitrogens with zero attached hydrogens (tertiary/aromatic N) is 3. The smallest absolute Gasteiger partial charge is 0.150 e. The number of hydrogen-bond acceptors (Lipinski definition) is 4. The molecule has 0 aromatic carbocycles. The van der Waals surface area contributed by atoms with E-state index in [0.29, 0.717) is 12.5 Å². The third kappa shape index (κ3) is 2.72. The summed E-state index contributed by atoms with van der Waals surface area (Å²) in [5.74, 6) is 1.29. The standard InChI is InChI=1S/C12H24N4O/c1-8(2)11-10(13)12(16(5)14-11)15(4)9(3)7-17-6/h8-9H,7,13H2,1-6H3. The molecule has 1 rings (SSSR count). The molecule has 0 radical (unpaired) electrons. The highest BCUT2D eigenvalue weighted by Gasteiger charge is 2.21. The Hall–Kier alpha value is -1.23. The summed E-state index contributed by atoms with van der Waals surface area (Å²) in [6, 6.07) is 0.262. The highest BCUT2D eigenvalue weighted by Crippen LogP contribution is 2.30. The van der Waals surface area contributed by atoms with Crippen molar-refractivity contribution < 1.29 is 4.74 Å². The maximum absolute atomic E-state index is 6.17. The Bertz CT molecular complexity index is 373. The lowest BCUT2D eigenvalue weighted by Crippen LogP contribution is -2.34. The molecule has 0 bridgehead atoms. The zero-order valence-corrected chi connectivity index (χ0v) is 11.7. The van der Waals surface area contributed by atoms with Gasteiger partial charge in [-0.1, -0.05) is 13.8 Å². The number of likely N-dealkylation sites (N-methyl/N-ethyl adjacent to an activating group) is 1. The summed E-state index contributed by atoms with van der Waals surface area (Å²) < 4.78 is 7.01. The van der Waals surface area contributed by atoms with Gasteiger partial charge in [0.2, 0.25) is 0 Å². The lowest BCUT2D eigenvalue weighted by molar-refractivity contribution is 0.183. The van der Waals surface area contributed by atoms with E-state index in [1.807, 2.05) is 18.8 Å². The molecule has 5 nitrogen and oxygen atoms in total. The van der Waals surface area contributed by atoms with Gasteiger partial charge in [-0.05, 0) is 12.8 Å². The number of nitrogens with two attached hydrogens (primary N) is 1. The monoisotopic (exact) mass is 240 g/mol. The fourth-order valence-electron chi connectivity index (χ4n) is 1.96. The van der Waals surface area contributed by atoms with E-state index in [-0.39, 0.29) is 6.04 Å². The molecule has 98 valence electrons. The summed E-state index contributed by atoms with van der Waals surface area (Å²) in [7, 11) is 5.64. The average Bonchev–Trinajstić information content (AvgIpc) is 2.54. The van der Waals surface area contributed by atoms with E-state index in [1.165, 1.54) is 0 Å². The maximum Gasteiger partial charge on any atom is 0.150 e. The van der Waals surface area contributed by atoms with Crippen LogP contribution in [0.2, 0.25) is 0 Å². The van der Waals surface area contributed by atoms with Gasteiger partial charge in [0.1, 0.15) is 5.82 Å². The summed E-state index contributed by atoms with van der Waals surface area (Å²) in [5, 5.41) is 4.48. The minimum absolute atomic E-state index is 0.262. The van der Waals surface area contributed by atoms with Gasteiger partial charge in [0.25, 0.3) is 0 Å². The SMILES string of the molecule is COCC(C)N(C)c1c(N)c(C(C)C)nn1C. The Morgan fingerprint density at radius 3 is 2.41 bits per heavy atom. The molecule has 0 aliphatic carbocycles. The molecule has 1 aromatic heterocycles. The molecule has 0 amide bonds. The number of nitrogen functional groups attached to an aromatic ring is 1. The van der Waals surface area contributed by atoms with E-state index in [2.05, 4.69) is 30.8 Å². The van der Waals surface area contributed by atoms with E-state index in [9.17, 15) is 0 Å². The number of ether oxygens (including phenoxy) is 1. The van der Waals surface area contributed by atoms with Crippen LogP contribution in [0.4, 0.5) is 11.5 Å². The first kappa shape index (κ1) is 13.8. The second-order valence-electron chi connectivity index (χ2n) is 4.82. The van der Waals surface area contributed by atoms with Crippen molar-refractivity contribution in [3.8, 4) is 0 Å². The minimum atomic E-state index is 0.262. The summed E-state index contributed by atoms with van der Waals surface area (Å²) in [6.07, 6.45) is 0. The number of hydrogen-bond donors (Lipinski definition) is 1. The lowest BCUT2D eigenvalue weighted by atomic mass is 10.1. The second kappa shape index (κ2) is 5.40. The predicted octanol–water partition coefficient (Wildman–Crippen LogP) is 1.60. The molecule has 1 heterocycles. The van der Waals surface area contributed by atoms with Gasteiger partial charge < -0.3 is 15.4 Å². The highest BCUT2D eigenvalue weighted by atomic mass is 16.5. The molecule has 0 aliphatic heterocycles. The Balaban J connectivity index is 3.05. The largest absolute Gasteiger partial charge is 0.394 e. The molecule has 0 saturated heterocycles. The number of methoxy groups -OCH3 is 1. The minimum Gasteiger partial charge on any atom is -0.394 e. The molecule has 0 spiro atoms. The first-order chi connectivity index (χ1) is 7.90. The molecule has 0 saturated carbocycles. The molecule has 1 unspecified atom stereocenters. The van der Waals surface area contributed by atoms with Gasteiger partial charge in [0.05, 0.1) is 24.0 Å². The molecule has 1 atom stereocenters. The summed E-state index contributed by atoms with van der Waals surface area (Å²) >= 11 is 0. The number of aryl methyl sites for hydroxylation is 1. The maximum atomic E-state index is 6.17. The normalized spacial score (nSPS) is 13.1. The van der Waals surface area contributed by atoms with Crippen LogP contribution < -0.4 is 10.6 Å². The van der Waals surface area contributed by atoms with Gasteiger partial charge >= 0.3 is 0 Å². The fraction of sp³-hybridized carbons (Fsp3) is 0.750. The van der Waals surface area contributed by atoms with Gasteiger partial charge in [0.15, 0.2) is 0 Å². The van der Waals surface area contributed by atoms with Crippen molar-refractivity contribution in [2.45, 2.75) is 32.7 Å². The quantitative estimate of drug-likeness (QED) is 0.849. The predicted molar refractivity (Wildman–Crippen MR) is 71.5 cm³/mol. The second-order valence-corrected chi connectivity index (χ2v) is 4.82. The third-order valence-electron chi connectivity index (χ3n) is 3.03. The van der Waals surface area contributed by atoms with Crippen molar-refractivity contribution in [1.82, 2.24) is 9.78 Å². The van der Waals surface area contributed by atoms with Gasteiger partial charge in [-0.3, -0.25) is 4.68 Å². The third-order valence-corrected chi connectivity index (χ3v) is 3.03. The van der Waals surface area contributed by atoms with Crippen molar-refractivity contribution in [3.05, 3.63) is 5.69 Å². The van der Waals surface area contributed by atoms with Crippen molar-refractivity contribution in [3.63, 3.8) is 0 Å². The Labute approximate surface area is 104 Å². The van der Waals surface area contributed by atoms with E-state index in [1.54, 1.807) is 7.11 Å². The first-order valence-corrected chi connectivity index (χ1v) is 5.94. The van der Waals surface area contributed by atoms with Crippen LogP contribution in [0, 0.1) is 0 Å². The molecular weight excluding hydrogens is 216 g/mol. The molecule has 2 N–H and O–H groups in total. The van der Waals surface area contributed by atoms with Crippen LogP contribution in [-0.2, 0) is 11.8 Å². The Morgan fingerprint density at radius 2 is 2.00 bits per heavy atom. The molecule has 17 heavy (non-hydrogen) atoms. The summed E-state index contributed by atoms with van der Waals surface area (Å²) in [6.45, 7) is 6.96. The van der Waals surface area contributed by atoms with Crippen LogP contribution in [0.15, 0.2) is 0 Å². The van der Waals surface area contributed by atoms with Gasteiger partial charge in [-0.15, -0.1) is 0 Å². The van der Waals surface area contributed by atoms with Crippen LogP contribution in [0.3, 0.4) is 0 Å². The molecule has 5 heteroatoms. The van der Waals surface area contributed by atoms with E-state index in [4.69, 9.17) is 10.5 Å². The van der Waals surface area contributed by atoms with Crippen LogP contribution in [-0.4, -0.2) is 36.6 Å².